The summed E-state index contributed by atoms with van der Waals surface area (Å²) in [5.74, 6) is 0.399. The highest BCUT2D eigenvalue weighted by atomic mass is 16.5. The minimum Gasteiger partial charge on any atom is -0.484 e. The van der Waals surface area contributed by atoms with Gasteiger partial charge in [0.2, 0.25) is 11.8 Å². The van der Waals surface area contributed by atoms with Gasteiger partial charge in [0.05, 0.1) is 19.1 Å². The van der Waals surface area contributed by atoms with Crippen LogP contribution in [0.2, 0.25) is 0 Å². The van der Waals surface area contributed by atoms with E-state index in [1.165, 1.54) is 0 Å². The third-order valence-electron chi connectivity index (χ3n) is 5.05. The van der Waals surface area contributed by atoms with Crippen molar-refractivity contribution in [3.8, 4) is 5.75 Å². The molecule has 0 bridgehead atoms. The number of rotatable bonds is 7. The molecule has 29 heavy (non-hydrogen) atoms. The average molecular weight is 403 g/mol. The maximum absolute atomic E-state index is 12.4. The zero-order chi connectivity index (χ0) is 20.8. The molecule has 3 rings (SSSR count). The highest BCUT2D eigenvalue weighted by molar-refractivity contribution is 6.00. The highest BCUT2D eigenvalue weighted by Crippen LogP contribution is 2.27. The fraction of sp³-hybridized carbons (Fsp3) is 0.571. The molecular formula is C21H29N3O5. The summed E-state index contributed by atoms with van der Waals surface area (Å²) in [5.41, 5.74) is 0.723. The fourth-order valence-corrected chi connectivity index (χ4v) is 3.35. The lowest BCUT2D eigenvalue weighted by Crippen LogP contribution is -2.42. The van der Waals surface area contributed by atoms with Gasteiger partial charge in [-0.05, 0) is 30.2 Å². The van der Waals surface area contributed by atoms with Gasteiger partial charge in [0.25, 0.3) is 5.91 Å². The summed E-state index contributed by atoms with van der Waals surface area (Å²) >= 11 is 0. The van der Waals surface area contributed by atoms with E-state index in [1.807, 2.05) is 13.8 Å². The zero-order valence-electron chi connectivity index (χ0n) is 17.1. The Morgan fingerprint density at radius 2 is 1.90 bits per heavy atom. The van der Waals surface area contributed by atoms with Crippen LogP contribution in [0.25, 0.3) is 0 Å². The van der Waals surface area contributed by atoms with Gasteiger partial charge >= 0.3 is 0 Å². The first-order valence-corrected chi connectivity index (χ1v) is 10.1. The van der Waals surface area contributed by atoms with Crippen molar-refractivity contribution in [1.29, 1.82) is 0 Å². The summed E-state index contributed by atoms with van der Waals surface area (Å²) in [5, 5.41) is 2.90. The van der Waals surface area contributed by atoms with E-state index in [1.54, 1.807) is 34.1 Å². The first-order valence-electron chi connectivity index (χ1n) is 10.1. The minimum atomic E-state index is -0.330. The number of carbonyl (C=O) groups is 3. The van der Waals surface area contributed by atoms with Crippen molar-refractivity contribution in [1.82, 2.24) is 10.2 Å². The van der Waals surface area contributed by atoms with Crippen molar-refractivity contribution in [3.63, 3.8) is 0 Å². The molecule has 3 amide bonds. The van der Waals surface area contributed by atoms with Gasteiger partial charge in [-0.1, -0.05) is 13.8 Å². The molecule has 0 unspecified atom stereocenters. The molecule has 2 aliphatic rings. The van der Waals surface area contributed by atoms with Crippen LogP contribution in [0.15, 0.2) is 24.3 Å². The predicted octanol–water partition coefficient (Wildman–Crippen LogP) is 1.05. The fourth-order valence-electron chi connectivity index (χ4n) is 3.35. The molecule has 0 aliphatic carbocycles. The maximum atomic E-state index is 12.4. The molecule has 1 N–H and O–H groups in total. The summed E-state index contributed by atoms with van der Waals surface area (Å²) < 4.78 is 10.8. The Balaban J connectivity index is 1.51. The third kappa shape index (κ3) is 5.69. The van der Waals surface area contributed by atoms with Gasteiger partial charge in [0, 0.05) is 38.3 Å². The van der Waals surface area contributed by atoms with Crippen LogP contribution >= 0.6 is 0 Å². The molecule has 0 saturated carbocycles. The van der Waals surface area contributed by atoms with Gasteiger partial charge in [0.15, 0.2) is 6.61 Å². The first kappa shape index (κ1) is 21.1. The van der Waals surface area contributed by atoms with Gasteiger partial charge in [-0.2, -0.15) is 0 Å². The van der Waals surface area contributed by atoms with Gasteiger partial charge < -0.3 is 24.6 Å². The lowest BCUT2D eigenvalue weighted by molar-refractivity contribution is -0.137. The summed E-state index contributed by atoms with van der Waals surface area (Å²) in [6.07, 6.45) is 0.218. The number of benzene rings is 1. The number of nitrogens with zero attached hydrogens (tertiary/aromatic N) is 2. The molecule has 1 atom stereocenters. The van der Waals surface area contributed by atoms with Crippen LogP contribution in [0.1, 0.15) is 20.3 Å². The highest BCUT2D eigenvalue weighted by Gasteiger charge is 2.35. The Bertz CT molecular complexity index is 728. The van der Waals surface area contributed by atoms with Crippen LogP contribution in [0.3, 0.4) is 0 Å². The second-order valence-electron chi connectivity index (χ2n) is 7.82. The Morgan fingerprint density at radius 1 is 1.21 bits per heavy atom. The number of anilines is 1. The molecule has 8 heteroatoms. The van der Waals surface area contributed by atoms with Gasteiger partial charge in [0.1, 0.15) is 5.75 Å². The minimum absolute atomic E-state index is 0.0277. The van der Waals surface area contributed by atoms with Crippen LogP contribution in [0.4, 0.5) is 5.69 Å². The molecule has 2 heterocycles. The zero-order valence-corrected chi connectivity index (χ0v) is 17.1. The third-order valence-corrected chi connectivity index (χ3v) is 5.05. The summed E-state index contributed by atoms with van der Waals surface area (Å²) in [6, 6.07) is 7.03. The summed E-state index contributed by atoms with van der Waals surface area (Å²) in [6.45, 7) is 7.31. The monoisotopic (exact) mass is 403 g/mol. The number of nitrogens with one attached hydrogen (secondary N) is 1. The first-order chi connectivity index (χ1) is 13.9. The predicted molar refractivity (Wildman–Crippen MR) is 108 cm³/mol. The van der Waals surface area contributed by atoms with Gasteiger partial charge in [-0.15, -0.1) is 0 Å². The molecule has 0 radical (unpaired) electrons. The molecule has 0 spiro atoms. The average Bonchev–Trinajstić information content (AvgIpc) is 3.13. The van der Waals surface area contributed by atoms with E-state index in [9.17, 15) is 14.4 Å². The molecular weight excluding hydrogens is 374 g/mol. The molecule has 2 aliphatic heterocycles. The van der Waals surface area contributed by atoms with Crippen molar-refractivity contribution >= 4 is 23.4 Å². The van der Waals surface area contributed by atoms with Crippen molar-refractivity contribution < 1.29 is 23.9 Å². The summed E-state index contributed by atoms with van der Waals surface area (Å²) in [7, 11) is 0. The van der Waals surface area contributed by atoms with Crippen molar-refractivity contribution in [3.05, 3.63) is 24.3 Å². The van der Waals surface area contributed by atoms with E-state index in [2.05, 4.69) is 5.32 Å². The molecule has 0 aromatic heterocycles. The number of ether oxygens (including phenoxy) is 2. The van der Waals surface area contributed by atoms with Crippen LogP contribution in [0.5, 0.6) is 5.75 Å². The van der Waals surface area contributed by atoms with E-state index >= 15 is 0 Å². The standard InChI is InChI=1S/C21H29N3O5/c1-15(2)12-22-21(27)16-11-19(25)24(13-16)17-3-5-18(6-4-17)29-14-20(26)23-7-9-28-10-8-23/h3-6,15-16H,7-14H2,1-2H3,(H,22,27)/t16-/m1/s1. The van der Waals surface area contributed by atoms with Crippen LogP contribution in [0, 0.1) is 11.8 Å². The number of carbonyl (C=O) groups excluding carboxylic acids is 3. The van der Waals surface area contributed by atoms with Crippen LogP contribution in [-0.2, 0) is 19.1 Å². The lowest BCUT2D eigenvalue weighted by atomic mass is 10.1. The van der Waals surface area contributed by atoms with E-state index in [0.29, 0.717) is 51.1 Å². The van der Waals surface area contributed by atoms with E-state index in [0.717, 1.165) is 5.69 Å². The summed E-state index contributed by atoms with van der Waals surface area (Å²) in [4.78, 5) is 40.1. The van der Waals surface area contributed by atoms with Crippen molar-refractivity contribution in [2.24, 2.45) is 11.8 Å². The normalized spacial score (nSPS) is 19.6. The maximum Gasteiger partial charge on any atom is 0.260 e. The number of amides is 3. The molecule has 8 nitrogen and oxygen atoms in total. The van der Waals surface area contributed by atoms with Crippen molar-refractivity contribution in [2.75, 3.05) is 50.9 Å². The smallest absolute Gasteiger partial charge is 0.260 e. The quantitative estimate of drug-likeness (QED) is 0.735. The van der Waals surface area contributed by atoms with Gasteiger partial charge in [-0.25, -0.2) is 0 Å². The number of hydrogen-bond acceptors (Lipinski definition) is 5. The topological polar surface area (TPSA) is 88.2 Å². The lowest BCUT2D eigenvalue weighted by Gasteiger charge is -2.26. The second-order valence-corrected chi connectivity index (χ2v) is 7.82. The van der Waals surface area contributed by atoms with Crippen LogP contribution in [-0.4, -0.2) is 68.6 Å². The molecule has 1 aromatic carbocycles. The largest absolute Gasteiger partial charge is 0.484 e. The second kappa shape index (κ2) is 9.73. The molecule has 2 fully saturated rings. The van der Waals surface area contributed by atoms with Gasteiger partial charge in [-0.3, -0.25) is 14.4 Å². The van der Waals surface area contributed by atoms with Crippen molar-refractivity contribution in [2.45, 2.75) is 20.3 Å². The molecule has 2 saturated heterocycles. The van der Waals surface area contributed by atoms with Crippen LogP contribution < -0.4 is 15.0 Å². The Hall–Kier alpha value is -2.61. The van der Waals surface area contributed by atoms with E-state index in [-0.39, 0.29) is 36.7 Å². The Morgan fingerprint density at radius 3 is 2.55 bits per heavy atom. The van der Waals surface area contributed by atoms with E-state index < -0.39 is 0 Å². The number of morpholine rings is 1. The van der Waals surface area contributed by atoms with E-state index in [4.69, 9.17) is 9.47 Å². The molecule has 158 valence electrons. The Labute approximate surface area is 171 Å². The molecule has 1 aromatic rings. The Kier molecular flexibility index (Phi) is 7.09. The SMILES string of the molecule is CC(C)CNC(=O)[C@@H]1CC(=O)N(c2ccc(OCC(=O)N3CCOCC3)cc2)C1. The number of hydrogen-bond donors (Lipinski definition) is 1.